The van der Waals surface area contributed by atoms with Crippen LogP contribution in [0.4, 0.5) is 0 Å². The monoisotopic (exact) mass is 292 g/mol. The normalized spacial score (nSPS) is 12.3. The fourth-order valence-electron chi connectivity index (χ4n) is 1.98. The molecule has 20 heavy (non-hydrogen) atoms. The van der Waals surface area contributed by atoms with Gasteiger partial charge in [0.2, 0.25) is 0 Å². The molecule has 0 saturated carbocycles. The number of ether oxygens (including phenoxy) is 2. The molecule has 0 saturated heterocycles. The zero-order valence-corrected chi connectivity index (χ0v) is 12.7. The van der Waals surface area contributed by atoms with Crippen molar-refractivity contribution in [1.82, 2.24) is 10.3 Å². The lowest BCUT2D eigenvalue weighted by Crippen LogP contribution is -2.25. The molecule has 0 amide bonds. The van der Waals surface area contributed by atoms with Crippen LogP contribution in [0.15, 0.2) is 35.8 Å². The third-order valence-corrected chi connectivity index (χ3v) is 3.70. The van der Waals surface area contributed by atoms with Gasteiger partial charge in [0.15, 0.2) is 0 Å². The molecule has 1 N–H and O–H groups in total. The molecule has 0 aliphatic carbocycles. The maximum atomic E-state index is 5.57. The molecule has 2 rings (SSSR count). The van der Waals surface area contributed by atoms with E-state index in [1.165, 1.54) is 0 Å². The number of benzene rings is 1. The van der Waals surface area contributed by atoms with Gasteiger partial charge in [0.25, 0.3) is 0 Å². The zero-order chi connectivity index (χ0) is 14.2. The van der Waals surface area contributed by atoms with Crippen molar-refractivity contribution in [3.05, 3.63) is 46.4 Å². The zero-order valence-electron chi connectivity index (χ0n) is 11.8. The van der Waals surface area contributed by atoms with Gasteiger partial charge >= 0.3 is 0 Å². The Morgan fingerprint density at radius 1 is 1.40 bits per heavy atom. The molecule has 0 spiro atoms. The molecule has 0 radical (unpaired) electrons. The SMILES string of the molecule is CCOc1cccc(C(NCCOC)c2nccs2)c1. The van der Waals surface area contributed by atoms with Crippen molar-refractivity contribution in [2.75, 3.05) is 26.9 Å². The van der Waals surface area contributed by atoms with Gasteiger partial charge in [-0.15, -0.1) is 11.3 Å². The van der Waals surface area contributed by atoms with Crippen LogP contribution in [0.3, 0.4) is 0 Å². The summed E-state index contributed by atoms with van der Waals surface area (Å²) in [6.45, 7) is 4.11. The second kappa shape index (κ2) is 7.99. The summed E-state index contributed by atoms with van der Waals surface area (Å²) in [5.74, 6) is 0.889. The summed E-state index contributed by atoms with van der Waals surface area (Å²) >= 11 is 1.65. The highest BCUT2D eigenvalue weighted by molar-refractivity contribution is 7.09. The highest BCUT2D eigenvalue weighted by Gasteiger charge is 2.16. The van der Waals surface area contributed by atoms with Crippen molar-refractivity contribution in [3.8, 4) is 5.75 Å². The van der Waals surface area contributed by atoms with Crippen molar-refractivity contribution in [3.63, 3.8) is 0 Å². The average Bonchev–Trinajstić information content (AvgIpc) is 2.98. The van der Waals surface area contributed by atoms with E-state index in [-0.39, 0.29) is 6.04 Å². The van der Waals surface area contributed by atoms with Crippen LogP contribution in [0.2, 0.25) is 0 Å². The minimum Gasteiger partial charge on any atom is -0.494 e. The van der Waals surface area contributed by atoms with E-state index < -0.39 is 0 Å². The van der Waals surface area contributed by atoms with Crippen LogP contribution < -0.4 is 10.1 Å². The highest BCUT2D eigenvalue weighted by atomic mass is 32.1. The summed E-state index contributed by atoms with van der Waals surface area (Å²) in [6.07, 6.45) is 1.83. The van der Waals surface area contributed by atoms with E-state index in [4.69, 9.17) is 9.47 Å². The number of hydrogen-bond donors (Lipinski definition) is 1. The molecule has 2 aromatic rings. The van der Waals surface area contributed by atoms with E-state index in [1.54, 1.807) is 18.4 Å². The smallest absolute Gasteiger partial charge is 0.119 e. The number of nitrogens with zero attached hydrogens (tertiary/aromatic N) is 1. The molecule has 4 nitrogen and oxygen atoms in total. The Balaban J connectivity index is 2.19. The summed E-state index contributed by atoms with van der Waals surface area (Å²) in [7, 11) is 1.70. The first-order valence-electron chi connectivity index (χ1n) is 6.69. The fraction of sp³-hybridized carbons (Fsp3) is 0.400. The van der Waals surface area contributed by atoms with Crippen LogP contribution >= 0.6 is 11.3 Å². The van der Waals surface area contributed by atoms with Gasteiger partial charge in [-0.2, -0.15) is 0 Å². The molecule has 0 fully saturated rings. The lowest BCUT2D eigenvalue weighted by atomic mass is 10.1. The summed E-state index contributed by atoms with van der Waals surface area (Å²) in [6, 6.07) is 8.22. The lowest BCUT2D eigenvalue weighted by Gasteiger charge is -2.17. The second-order valence-electron chi connectivity index (χ2n) is 4.26. The van der Waals surface area contributed by atoms with Gasteiger partial charge in [0, 0.05) is 25.2 Å². The van der Waals surface area contributed by atoms with Crippen LogP contribution in [-0.2, 0) is 4.74 Å². The maximum Gasteiger partial charge on any atom is 0.119 e. The summed E-state index contributed by atoms with van der Waals surface area (Å²) < 4.78 is 10.7. The number of rotatable bonds is 8. The first-order valence-corrected chi connectivity index (χ1v) is 7.57. The quantitative estimate of drug-likeness (QED) is 0.760. The number of hydrogen-bond acceptors (Lipinski definition) is 5. The molecular weight excluding hydrogens is 272 g/mol. The van der Waals surface area contributed by atoms with Gasteiger partial charge < -0.3 is 14.8 Å². The van der Waals surface area contributed by atoms with Crippen LogP contribution in [0.25, 0.3) is 0 Å². The van der Waals surface area contributed by atoms with E-state index in [9.17, 15) is 0 Å². The Morgan fingerprint density at radius 3 is 3.00 bits per heavy atom. The molecule has 1 aromatic heterocycles. The van der Waals surface area contributed by atoms with Gasteiger partial charge in [-0.1, -0.05) is 12.1 Å². The number of thiazole rings is 1. The largest absolute Gasteiger partial charge is 0.494 e. The Kier molecular flexibility index (Phi) is 5.98. The van der Waals surface area contributed by atoms with Gasteiger partial charge in [0.1, 0.15) is 10.8 Å². The molecule has 108 valence electrons. The van der Waals surface area contributed by atoms with Crippen molar-refractivity contribution < 1.29 is 9.47 Å². The third kappa shape index (κ3) is 4.03. The van der Waals surface area contributed by atoms with Crippen LogP contribution in [0.5, 0.6) is 5.75 Å². The van der Waals surface area contributed by atoms with E-state index in [1.807, 2.05) is 30.6 Å². The number of aromatic nitrogens is 1. The molecule has 1 aromatic carbocycles. The Bertz CT molecular complexity index is 502. The van der Waals surface area contributed by atoms with Gasteiger partial charge in [0.05, 0.1) is 19.3 Å². The van der Waals surface area contributed by atoms with E-state index in [0.29, 0.717) is 13.2 Å². The standard InChI is InChI=1S/C15H20N2O2S/c1-3-19-13-6-4-5-12(11-13)14(16-7-9-18-2)15-17-8-10-20-15/h4-6,8,10-11,14,16H,3,7,9H2,1-2H3. The molecule has 1 unspecified atom stereocenters. The molecule has 1 atom stereocenters. The van der Waals surface area contributed by atoms with E-state index >= 15 is 0 Å². The predicted molar refractivity (Wildman–Crippen MR) is 81.4 cm³/mol. The van der Waals surface area contributed by atoms with Gasteiger partial charge in [-0.05, 0) is 24.6 Å². The second-order valence-corrected chi connectivity index (χ2v) is 5.18. The molecule has 0 aliphatic rings. The Morgan fingerprint density at radius 2 is 2.30 bits per heavy atom. The van der Waals surface area contributed by atoms with E-state index in [2.05, 4.69) is 22.4 Å². The first-order chi connectivity index (χ1) is 9.85. The van der Waals surface area contributed by atoms with Crippen molar-refractivity contribution >= 4 is 11.3 Å². The van der Waals surface area contributed by atoms with Crippen LogP contribution in [-0.4, -0.2) is 31.9 Å². The third-order valence-electron chi connectivity index (χ3n) is 2.86. The summed E-state index contributed by atoms with van der Waals surface area (Å²) in [5.41, 5.74) is 1.15. The number of nitrogens with one attached hydrogen (secondary N) is 1. The first kappa shape index (κ1) is 15.0. The molecule has 5 heteroatoms. The Labute approximate surface area is 123 Å². The minimum absolute atomic E-state index is 0.0746. The van der Waals surface area contributed by atoms with Gasteiger partial charge in [-0.25, -0.2) is 4.98 Å². The topological polar surface area (TPSA) is 43.4 Å². The summed E-state index contributed by atoms with van der Waals surface area (Å²) in [5, 5.41) is 6.52. The van der Waals surface area contributed by atoms with Crippen LogP contribution in [0, 0.1) is 0 Å². The summed E-state index contributed by atoms with van der Waals surface area (Å²) in [4.78, 5) is 4.42. The lowest BCUT2D eigenvalue weighted by molar-refractivity contribution is 0.197. The molecule has 1 heterocycles. The average molecular weight is 292 g/mol. The Hall–Kier alpha value is -1.43. The molecular formula is C15H20N2O2S. The van der Waals surface area contributed by atoms with Crippen molar-refractivity contribution in [2.24, 2.45) is 0 Å². The maximum absolute atomic E-state index is 5.57. The van der Waals surface area contributed by atoms with Gasteiger partial charge in [-0.3, -0.25) is 0 Å². The fourth-order valence-corrected chi connectivity index (χ4v) is 2.72. The molecule has 0 bridgehead atoms. The van der Waals surface area contributed by atoms with Crippen molar-refractivity contribution in [2.45, 2.75) is 13.0 Å². The minimum atomic E-state index is 0.0746. The van der Waals surface area contributed by atoms with E-state index in [0.717, 1.165) is 22.9 Å². The van der Waals surface area contributed by atoms with Crippen LogP contribution in [0.1, 0.15) is 23.5 Å². The van der Waals surface area contributed by atoms with Crippen molar-refractivity contribution in [1.29, 1.82) is 0 Å². The number of methoxy groups -OCH3 is 1. The predicted octanol–water partition coefficient (Wildman–Crippen LogP) is 2.87. The highest BCUT2D eigenvalue weighted by Crippen LogP contribution is 2.26. The molecule has 0 aliphatic heterocycles.